The van der Waals surface area contributed by atoms with E-state index in [1.807, 2.05) is 12.3 Å². The van der Waals surface area contributed by atoms with Crippen LogP contribution in [0.3, 0.4) is 0 Å². The Morgan fingerprint density at radius 2 is 1.89 bits per heavy atom. The SMILES string of the molecule is CC(=O)c1ccc(NC(=O)NCc2cc[nH]c2)cc1. The molecule has 2 aromatic rings. The van der Waals surface area contributed by atoms with Gasteiger partial charge in [-0.1, -0.05) is 0 Å². The molecule has 0 bridgehead atoms. The van der Waals surface area contributed by atoms with Crippen LogP contribution in [0, 0.1) is 0 Å². The Morgan fingerprint density at radius 3 is 2.47 bits per heavy atom. The number of anilines is 1. The van der Waals surface area contributed by atoms with E-state index >= 15 is 0 Å². The van der Waals surface area contributed by atoms with Gasteiger partial charge in [0.2, 0.25) is 0 Å². The van der Waals surface area contributed by atoms with E-state index in [9.17, 15) is 9.59 Å². The molecule has 5 nitrogen and oxygen atoms in total. The number of carbonyl (C=O) groups is 2. The van der Waals surface area contributed by atoms with Crippen molar-refractivity contribution >= 4 is 17.5 Å². The van der Waals surface area contributed by atoms with E-state index in [4.69, 9.17) is 0 Å². The predicted octanol–water partition coefficient (Wildman–Crippen LogP) is 2.54. The van der Waals surface area contributed by atoms with Gasteiger partial charge in [0.1, 0.15) is 0 Å². The second-order valence-corrected chi connectivity index (χ2v) is 4.16. The van der Waals surface area contributed by atoms with Crippen molar-refractivity contribution in [1.29, 1.82) is 0 Å². The molecule has 0 aliphatic carbocycles. The van der Waals surface area contributed by atoms with Crippen LogP contribution in [0.25, 0.3) is 0 Å². The molecule has 1 heterocycles. The van der Waals surface area contributed by atoms with Gasteiger partial charge in [0.25, 0.3) is 0 Å². The Kier molecular flexibility index (Phi) is 3.97. The monoisotopic (exact) mass is 257 g/mol. The normalized spacial score (nSPS) is 9.95. The minimum Gasteiger partial charge on any atom is -0.367 e. The first-order valence-corrected chi connectivity index (χ1v) is 5.92. The molecule has 0 atom stereocenters. The number of nitrogens with one attached hydrogen (secondary N) is 3. The Labute approximate surface area is 111 Å². The fourth-order valence-corrected chi connectivity index (χ4v) is 1.61. The van der Waals surface area contributed by atoms with Crippen molar-refractivity contribution in [3.8, 4) is 0 Å². The molecule has 2 rings (SSSR count). The fraction of sp³-hybridized carbons (Fsp3) is 0.143. The highest BCUT2D eigenvalue weighted by Crippen LogP contribution is 2.09. The van der Waals surface area contributed by atoms with Crippen LogP contribution in [-0.4, -0.2) is 16.8 Å². The number of aromatic nitrogens is 1. The molecule has 3 N–H and O–H groups in total. The van der Waals surface area contributed by atoms with E-state index in [2.05, 4.69) is 15.6 Å². The predicted molar refractivity (Wildman–Crippen MR) is 73.1 cm³/mol. The summed E-state index contributed by atoms with van der Waals surface area (Å²) in [7, 11) is 0. The molecule has 2 amide bonds. The Balaban J connectivity index is 1.86. The lowest BCUT2D eigenvalue weighted by atomic mass is 10.1. The zero-order valence-electron chi connectivity index (χ0n) is 10.6. The number of amides is 2. The molecule has 5 heteroatoms. The quantitative estimate of drug-likeness (QED) is 0.736. The third-order valence-electron chi connectivity index (χ3n) is 2.66. The first-order chi connectivity index (χ1) is 9.15. The molecule has 0 saturated heterocycles. The molecule has 19 heavy (non-hydrogen) atoms. The lowest BCUT2D eigenvalue weighted by Gasteiger charge is -2.07. The lowest BCUT2D eigenvalue weighted by Crippen LogP contribution is -2.27. The highest BCUT2D eigenvalue weighted by molar-refractivity contribution is 5.95. The van der Waals surface area contributed by atoms with E-state index in [0.29, 0.717) is 17.8 Å². The number of Topliss-reactive ketones (excluding diaryl/α,β-unsaturated/α-hetero) is 1. The minimum atomic E-state index is -0.281. The van der Waals surface area contributed by atoms with Gasteiger partial charge in [0.15, 0.2) is 5.78 Å². The number of rotatable bonds is 4. The van der Waals surface area contributed by atoms with Crippen LogP contribution in [0.15, 0.2) is 42.7 Å². The van der Waals surface area contributed by atoms with Gasteiger partial charge >= 0.3 is 6.03 Å². The van der Waals surface area contributed by atoms with Gasteiger partial charge in [-0.15, -0.1) is 0 Å². The zero-order chi connectivity index (χ0) is 13.7. The smallest absolute Gasteiger partial charge is 0.319 e. The summed E-state index contributed by atoms with van der Waals surface area (Å²) in [5.41, 5.74) is 2.27. The molecule has 1 aromatic heterocycles. The average molecular weight is 257 g/mol. The number of carbonyl (C=O) groups excluding carboxylic acids is 2. The van der Waals surface area contributed by atoms with Gasteiger partial charge in [-0.3, -0.25) is 4.79 Å². The summed E-state index contributed by atoms with van der Waals surface area (Å²) in [6, 6.07) is 8.38. The molecular formula is C14H15N3O2. The molecule has 0 fully saturated rings. The van der Waals surface area contributed by atoms with Crippen molar-refractivity contribution in [3.05, 3.63) is 53.9 Å². The molecular weight excluding hydrogens is 242 g/mol. The third kappa shape index (κ3) is 3.70. The van der Waals surface area contributed by atoms with Crippen molar-refractivity contribution < 1.29 is 9.59 Å². The maximum Gasteiger partial charge on any atom is 0.319 e. The van der Waals surface area contributed by atoms with E-state index in [0.717, 1.165) is 5.56 Å². The van der Waals surface area contributed by atoms with Crippen LogP contribution < -0.4 is 10.6 Å². The minimum absolute atomic E-state index is 0.00320. The summed E-state index contributed by atoms with van der Waals surface area (Å²) in [5.74, 6) is 0.00320. The first-order valence-electron chi connectivity index (χ1n) is 5.92. The standard InChI is InChI=1S/C14H15N3O2/c1-10(18)12-2-4-13(5-3-12)17-14(19)16-9-11-6-7-15-8-11/h2-8,15H,9H2,1H3,(H2,16,17,19). The maximum absolute atomic E-state index is 11.6. The highest BCUT2D eigenvalue weighted by Gasteiger charge is 2.03. The molecule has 0 spiro atoms. The average Bonchev–Trinajstić information content (AvgIpc) is 2.90. The number of ketones is 1. The van der Waals surface area contributed by atoms with Crippen LogP contribution in [-0.2, 0) is 6.54 Å². The van der Waals surface area contributed by atoms with Crippen LogP contribution >= 0.6 is 0 Å². The Hall–Kier alpha value is -2.56. The summed E-state index contributed by atoms with van der Waals surface area (Å²) in [6.07, 6.45) is 3.62. The van der Waals surface area contributed by atoms with Gasteiger partial charge in [-0.05, 0) is 42.8 Å². The fourth-order valence-electron chi connectivity index (χ4n) is 1.61. The van der Waals surface area contributed by atoms with Crippen LogP contribution in [0.1, 0.15) is 22.8 Å². The number of benzene rings is 1. The first kappa shape index (κ1) is 12.9. The van der Waals surface area contributed by atoms with E-state index < -0.39 is 0 Å². The largest absolute Gasteiger partial charge is 0.367 e. The van der Waals surface area contributed by atoms with Gasteiger partial charge in [0, 0.05) is 30.2 Å². The topological polar surface area (TPSA) is 74.0 Å². The maximum atomic E-state index is 11.6. The molecule has 98 valence electrons. The van der Waals surface area contributed by atoms with Gasteiger partial charge in [0.05, 0.1) is 0 Å². The second kappa shape index (κ2) is 5.86. The van der Waals surface area contributed by atoms with Crippen molar-refractivity contribution in [1.82, 2.24) is 10.3 Å². The molecule has 0 radical (unpaired) electrons. The lowest BCUT2D eigenvalue weighted by molar-refractivity contribution is 0.101. The van der Waals surface area contributed by atoms with Crippen molar-refractivity contribution in [2.45, 2.75) is 13.5 Å². The van der Waals surface area contributed by atoms with Crippen LogP contribution in [0.5, 0.6) is 0 Å². The number of hydrogen-bond acceptors (Lipinski definition) is 2. The Bertz CT molecular complexity index is 559. The summed E-state index contributed by atoms with van der Waals surface area (Å²) in [6.45, 7) is 1.97. The van der Waals surface area contributed by atoms with Gasteiger partial charge in [-0.25, -0.2) is 4.79 Å². The van der Waals surface area contributed by atoms with E-state index in [1.165, 1.54) is 6.92 Å². The van der Waals surface area contributed by atoms with Crippen LogP contribution in [0.2, 0.25) is 0 Å². The number of aromatic amines is 1. The third-order valence-corrected chi connectivity index (χ3v) is 2.66. The molecule has 1 aromatic carbocycles. The van der Waals surface area contributed by atoms with E-state index in [1.54, 1.807) is 30.5 Å². The highest BCUT2D eigenvalue weighted by atomic mass is 16.2. The number of hydrogen-bond donors (Lipinski definition) is 3. The van der Waals surface area contributed by atoms with Crippen LogP contribution in [0.4, 0.5) is 10.5 Å². The number of urea groups is 1. The second-order valence-electron chi connectivity index (χ2n) is 4.16. The molecule has 0 aliphatic rings. The molecule has 0 saturated carbocycles. The zero-order valence-corrected chi connectivity index (χ0v) is 10.6. The molecule has 0 aliphatic heterocycles. The van der Waals surface area contributed by atoms with Crippen molar-refractivity contribution in [2.75, 3.05) is 5.32 Å². The van der Waals surface area contributed by atoms with Gasteiger partial charge in [-0.2, -0.15) is 0 Å². The Morgan fingerprint density at radius 1 is 1.16 bits per heavy atom. The summed E-state index contributed by atoms with van der Waals surface area (Å²) in [5, 5.41) is 5.43. The number of H-pyrrole nitrogens is 1. The summed E-state index contributed by atoms with van der Waals surface area (Å²) >= 11 is 0. The summed E-state index contributed by atoms with van der Waals surface area (Å²) in [4.78, 5) is 25.7. The van der Waals surface area contributed by atoms with Crippen molar-refractivity contribution in [2.24, 2.45) is 0 Å². The summed E-state index contributed by atoms with van der Waals surface area (Å²) < 4.78 is 0. The van der Waals surface area contributed by atoms with Gasteiger partial charge < -0.3 is 15.6 Å². The van der Waals surface area contributed by atoms with Crippen molar-refractivity contribution in [3.63, 3.8) is 0 Å². The van der Waals surface area contributed by atoms with E-state index in [-0.39, 0.29) is 11.8 Å². The molecule has 0 unspecified atom stereocenters.